The average molecular weight is 343 g/mol. The Morgan fingerprint density at radius 2 is 2.04 bits per heavy atom. The van der Waals surface area contributed by atoms with Gasteiger partial charge in [0.05, 0.1) is 4.92 Å². The van der Waals surface area contributed by atoms with Crippen LogP contribution in [0.1, 0.15) is 10.5 Å². The summed E-state index contributed by atoms with van der Waals surface area (Å²) in [6.07, 6.45) is 1.49. The highest BCUT2D eigenvalue weighted by molar-refractivity contribution is 5.92. The molecule has 2 fully saturated rings. The molecule has 3 atom stereocenters. The highest BCUT2D eigenvalue weighted by atomic mass is 19.1. The Kier molecular flexibility index (Phi) is 3.56. The SMILES string of the molecule is O=C(NC1[C@H]2CN(c3cccc(F)c3[N+](=O)[O-])C[C@@H]12)c1cccnn1. The third kappa shape index (κ3) is 2.67. The maximum atomic E-state index is 13.8. The summed E-state index contributed by atoms with van der Waals surface area (Å²) in [6, 6.07) is 7.35. The monoisotopic (exact) mass is 343 g/mol. The number of nitro benzene ring substituents is 1. The van der Waals surface area contributed by atoms with E-state index in [1.165, 1.54) is 12.3 Å². The number of nitro groups is 1. The summed E-state index contributed by atoms with van der Waals surface area (Å²) in [7, 11) is 0. The van der Waals surface area contributed by atoms with Gasteiger partial charge in [-0.3, -0.25) is 14.9 Å². The minimum absolute atomic E-state index is 0.0124. The Bertz CT molecular complexity index is 835. The molecule has 0 spiro atoms. The lowest BCUT2D eigenvalue weighted by molar-refractivity contribution is -0.386. The number of hydrogen-bond donors (Lipinski definition) is 1. The van der Waals surface area contributed by atoms with E-state index in [0.29, 0.717) is 13.1 Å². The number of benzene rings is 1. The summed E-state index contributed by atoms with van der Waals surface area (Å²) in [4.78, 5) is 24.3. The number of rotatable bonds is 4. The molecule has 2 aliphatic rings. The molecule has 1 aliphatic carbocycles. The molecule has 2 aromatic rings. The number of anilines is 1. The number of fused-ring (bicyclic) bond motifs is 1. The fourth-order valence-corrected chi connectivity index (χ4v) is 3.53. The first kappa shape index (κ1) is 15.4. The molecule has 9 heteroatoms. The van der Waals surface area contributed by atoms with Crippen molar-refractivity contribution in [3.05, 3.63) is 58.2 Å². The molecule has 1 N–H and O–H groups in total. The van der Waals surface area contributed by atoms with Gasteiger partial charge in [-0.2, -0.15) is 9.49 Å². The molecule has 1 amide bonds. The molecule has 4 rings (SSSR count). The predicted octanol–water partition coefficient (Wildman–Crippen LogP) is 1.39. The topological polar surface area (TPSA) is 101 Å². The van der Waals surface area contributed by atoms with Gasteiger partial charge < -0.3 is 10.2 Å². The van der Waals surface area contributed by atoms with Gasteiger partial charge in [0, 0.05) is 37.2 Å². The summed E-state index contributed by atoms with van der Waals surface area (Å²) in [6.45, 7) is 1.08. The number of piperidine rings is 1. The van der Waals surface area contributed by atoms with E-state index >= 15 is 0 Å². The second-order valence-corrected chi connectivity index (χ2v) is 6.21. The number of hydrogen-bond acceptors (Lipinski definition) is 6. The molecule has 1 saturated heterocycles. The molecule has 8 nitrogen and oxygen atoms in total. The van der Waals surface area contributed by atoms with Gasteiger partial charge in [-0.1, -0.05) is 6.07 Å². The van der Waals surface area contributed by atoms with E-state index in [0.717, 1.165) is 6.07 Å². The van der Waals surface area contributed by atoms with Gasteiger partial charge >= 0.3 is 5.69 Å². The van der Waals surface area contributed by atoms with Crippen LogP contribution < -0.4 is 10.2 Å². The van der Waals surface area contributed by atoms with Crippen LogP contribution in [0.5, 0.6) is 0 Å². The fourth-order valence-electron chi connectivity index (χ4n) is 3.53. The first-order valence-corrected chi connectivity index (χ1v) is 7.82. The minimum Gasteiger partial charge on any atom is -0.365 e. The molecule has 1 aromatic heterocycles. The predicted molar refractivity (Wildman–Crippen MR) is 85.5 cm³/mol. The van der Waals surface area contributed by atoms with E-state index in [9.17, 15) is 19.3 Å². The van der Waals surface area contributed by atoms with Crippen molar-refractivity contribution in [3.8, 4) is 0 Å². The van der Waals surface area contributed by atoms with E-state index in [1.807, 2.05) is 4.90 Å². The Morgan fingerprint density at radius 3 is 2.68 bits per heavy atom. The molecule has 0 bridgehead atoms. The Morgan fingerprint density at radius 1 is 1.28 bits per heavy atom. The van der Waals surface area contributed by atoms with Crippen LogP contribution in [0.25, 0.3) is 0 Å². The second-order valence-electron chi connectivity index (χ2n) is 6.21. The third-order valence-corrected chi connectivity index (χ3v) is 4.79. The van der Waals surface area contributed by atoms with Crippen molar-refractivity contribution in [2.45, 2.75) is 6.04 Å². The van der Waals surface area contributed by atoms with Gasteiger partial charge in [0.1, 0.15) is 5.69 Å². The van der Waals surface area contributed by atoms with Crippen LogP contribution in [0, 0.1) is 27.8 Å². The van der Waals surface area contributed by atoms with E-state index < -0.39 is 16.4 Å². The minimum atomic E-state index is -0.837. The van der Waals surface area contributed by atoms with Gasteiger partial charge in [-0.05, 0) is 24.3 Å². The molecule has 1 saturated carbocycles. The number of nitrogens with zero attached hydrogens (tertiary/aromatic N) is 4. The third-order valence-electron chi connectivity index (χ3n) is 4.79. The molecule has 1 unspecified atom stereocenters. The number of carbonyl (C=O) groups excluding carboxylic acids is 1. The molecular weight excluding hydrogens is 329 g/mol. The highest BCUT2D eigenvalue weighted by Gasteiger charge is 2.57. The molecule has 2 heterocycles. The van der Waals surface area contributed by atoms with Crippen LogP contribution in [0.2, 0.25) is 0 Å². The summed E-state index contributed by atoms with van der Waals surface area (Å²) in [5.74, 6) is -0.724. The number of nitrogens with one attached hydrogen (secondary N) is 1. The zero-order valence-electron chi connectivity index (χ0n) is 13.0. The van der Waals surface area contributed by atoms with Gasteiger partial charge in [-0.25, -0.2) is 0 Å². The zero-order valence-corrected chi connectivity index (χ0v) is 13.0. The van der Waals surface area contributed by atoms with Crippen molar-refractivity contribution in [2.75, 3.05) is 18.0 Å². The largest absolute Gasteiger partial charge is 0.365 e. The lowest BCUT2D eigenvalue weighted by atomic mass is 10.2. The van der Waals surface area contributed by atoms with Crippen molar-refractivity contribution in [3.63, 3.8) is 0 Å². The normalized spacial score (nSPS) is 23.9. The molecule has 128 valence electrons. The van der Waals surface area contributed by atoms with Gasteiger partial charge in [0.2, 0.25) is 5.82 Å². The van der Waals surface area contributed by atoms with Gasteiger partial charge in [0.25, 0.3) is 5.91 Å². The van der Waals surface area contributed by atoms with Crippen LogP contribution in [-0.4, -0.2) is 40.2 Å². The summed E-state index contributed by atoms with van der Waals surface area (Å²) in [5, 5.41) is 21.5. The maximum absolute atomic E-state index is 13.8. The van der Waals surface area contributed by atoms with Crippen molar-refractivity contribution in [2.24, 2.45) is 11.8 Å². The van der Waals surface area contributed by atoms with Crippen molar-refractivity contribution in [1.82, 2.24) is 15.5 Å². The van der Waals surface area contributed by atoms with E-state index in [4.69, 9.17) is 0 Å². The van der Waals surface area contributed by atoms with Crippen molar-refractivity contribution >= 4 is 17.3 Å². The van der Waals surface area contributed by atoms with Crippen LogP contribution in [0.15, 0.2) is 36.5 Å². The standard InChI is InChI=1S/C16H14FN5O3/c17-11-3-1-5-13(15(11)22(24)25)21-7-9-10(8-21)14(9)19-16(23)12-4-2-6-18-20-12/h1-6,9-10,14H,7-8H2,(H,19,23)/t9-,10+,14?. The van der Waals surface area contributed by atoms with Crippen LogP contribution >= 0.6 is 0 Å². The maximum Gasteiger partial charge on any atom is 0.327 e. The average Bonchev–Trinajstić information content (AvgIpc) is 3.04. The van der Waals surface area contributed by atoms with E-state index in [-0.39, 0.29) is 35.2 Å². The number of para-hydroxylation sites is 1. The van der Waals surface area contributed by atoms with Crippen LogP contribution in [-0.2, 0) is 0 Å². The first-order valence-electron chi connectivity index (χ1n) is 7.82. The Balaban J connectivity index is 1.43. The Labute approximate surface area is 141 Å². The quantitative estimate of drug-likeness (QED) is 0.665. The van der Waals surface area contributed by atoms with E-state index in [2.05, 4.69) is 15.5 Å². The van der Waals surface area contributed by atoms with Crippen LogP contribution in [0.3, 0.4) is 0 Å². The summed E-state index contributed by atoms with van der Waals surface area (Å²) in [5.41, 5.74) is 0.0465. The highest BCUT2D eigenvalue weighted by Crippen LogP contribution is 2.48. The lowest BCUT2D eigenvalue weighted by Gasteiger charge is -2.22. The number of amides is 1. The van der Waals surface area contributed by atoms with E-state index in [1.54, 1.807) is 18.2 Å². The summed E-state index contributed by atoms with van der Waals surface area (Å²) >= 11 is 0. The van der Waals surface area contributed by atoms with Gasteiger partial charge in [-0.15, -0.1) is 5.10 Å². The number of aromatic nitrogens is 2. The molecule has 1 aromatic carbocycles. The number of carbonyl (C=O) groups is 1. The van der Waals surface area contributed by atoms with Gasteiger partial charge in [0.15, 0.2) is 5.69 Å². The molecular formula is C16H14FN5O3. The molecule has 25 heavy (non-hydrogen) atoms. The Hall–Kier alpha value is -3.10. The molecule has 0 radical (unpaired) electrons. The van der Waals surface area contributed by atoms with Crippen LogP contribution in [0.4, 0.5) is 15.8 Å². The fraction of sp³-hybridized carbons (Fsp3) is 0.312. The zero-order chi connectivity index (χ0) is 17.6. The lowest BCUT2D eigenvalue weighted by Crippen LogP contribution is -2.35. The van der Waals surface area contributed by atoms with Crippen molar-refractivity contribution < 1.29 is 14.1 Å². The first-order chi connectivity index (χ1) is 12.1. The second kappa shape index (κ2) is 5.76. The summed E-state index contributed by atoms with van der Waals surface area (Å²) < 4.78 is 13.8. The smallest absolute Gasteiger partial charge is 0.327 e. The molecule has 1 aliphatic heterocycles. The van der Waals surface area contributed by atoms with Crippen molar-refractivity contribution in [1.29, 1.82) is 0 Å². The number of halogens is 1.